The SMILES string of the molecule is CCN(c1cccc2c1CC=CCCc1cc(C)[nH]c(=O)c1CNC2=O)C1CCC(N)CC1. The van der Waals surface area contributed by atoms with Gasteiger partial charge in [-0.25, -0.2) is 0 Å². The molecule has 0 bridgehead atoms. The monoisotopic (exact) mass is 448 g/mol. The molecule has 1 aromatic heterocycles. The summed E-state index contributed by atoms with van der Waals surface area (Å²) in [6, 6.07) is 8.79. The fourth-order valence-electron chi connectivity index (χ4n) is 5.33. The fraction of sp³-hybridized carbons (Fsp3) is 0.481. The van der Waals surface area contributed by atoms with Crippen LogP contribution in [0.4, 0.5) is 5.69 Å². The molecule has 6 nitrogen and oxygen atoms in total. The maximum absolute atomic E-state index is 13.3. The molecule has 1 amide bonds. The summed E-state index contributed by atoms with van der Waals surface area (Å²) < 4.78 is 0. The summed E-state index contributed by atoms with van der Waals surface area (Å²) in [5, 5.41) is 3.02. The van der Waals surface area contributed by atoms with Gasteiger partial charge in [-0.15, -0.1) is 0 Å². The molecule has 4 rings (SSSR count). The summed E-state index contributed by atoms with van der Waals surface area (Å²) in [6.45, 7) is 5.20. The van der Waals surface area contributed by atoms with Crippen molar-refractivity contribution in [1.29, 1.82) is 0 Å². The van der Waals surface area contributed by atoms with Crippen LogP contribution < -0.4 is 21.5 Å². The van der Waals surface area contributed by atoms with Gasteiger partial charge in [0.05, 0.1) is 0 Å². The predicted octanol–water partition coefficient (Wildman–Crippen LogP) is 3.75. The molecule has 176 valence electrons. The molecule has 0 radical (unpaired) electrons. The molecule has 2 heterocycles. The van der Waals surface area contributed by atoms with Crippen molar-refractivity contribution in [3.63, 3.8) is 0 Å². The molecular weight excluding hydrogens is 412 g/mol. The Labute approximate surface area is 196 Å². The zero-order valence-corrected chi connectivity index (χ0v) is 19.8. The van der Waals surface area contributed by atoms with Crippen LogP contribution in [0.25, 0.3) is 0 Å². The van der Waals surface area contributed by atoms with Gasteiger partial charge in [0.15, 0.2) is 0 Å². The lowest BCUT2D eigenvalue weighted by molar-refractivity contribution is 0.0950. The molecule has 2 aromatic rings. The lowest BCUT2D eigenvalue weighted by Crippen LogP contribution is -2.41. The van der Waals surface area contributed by atoms with Gasteiger partial charge in [-0.2, -0.15) is 0 Å². The summed E-state index contributed by atoms with van der Waals surface area (Å²) >= 11 is 0. The first kappa shape index (κ1) is 23.3. The van der Waals surface area contributed by atoms with E-state index < -0.39 is 0 Å². The summed E-state index contributed by atoms with van der Waals surface area (Å²) in [5.41, 5.74) is 11.4. The van der Waals surface area contributed by atoms with Gasteiger partial charge >= 0.3 is 0 Å². The number of anilines is 1. The zero-order valence-electron chi connectivity index (χ0n) is 19.8. The van der Waals surface area contributed by atoms with Crippen LogP contribution in [-0.2, 0) is 19.4 Å². The molecule has 4 N–H and O–H groups in total. The smallest absolute Gasteiger partial charge is 0.253 e. The first-order chi connectivity index (χ1) is 16.0. The van der Waals surface area contributed by atoms with E-state index in [4.69, 9.17) is 5.73 Å². The highest BCUT2D eigenvalue weighted by Gasteiger charge is 2.26. The number of amides is 1. The van der Waals surface area contributed by atoms with Crippen LogP contribution in [0.15, 0.2) is 41.2 Å². The van der Waals surface area contributed by atoms with Gasteiger partial charge in [0.1, 0.15) is 0 Å². The normalized spacial score (nSPS) is 21.2. The van der Waals surface area contributed by atoms with Crippen molar-refractivity contribution in [3.05, 3.63) is 74.7 Å². The molecule has 1 aliphatic carbocycles. The number of fused-ring (bicyclic) bond motifs is 2. The Morgan fingerprint density at radius 2 is 1.88 bits per heavy atom. The molecule has 0 atom stereocenters. The number of aromatic amines is 1. The molecular formula is C27H36N4O2. The molecule has 2 aliphatic rings. The average molecular weight is 449 g/mol. The highest BCUT2D eigenvalue weighted by Crippen LogP contribution is 2.32. The van der Waals surface area contributed by atoms with Gasteiger partial charge < -0.3 is 20.9 Å². The van der Waals surface area contributed by atoms with Crippen molar-refractivity contribution in [2.45, 2.75) is 77.4 Å². The number of aromatic nitrogens is 1. The number of allylic oxidation sites excluding steroid dienone is 2. The van der Waals surface area contributed by atoms with Crippen LogP contribution in [-0.4, -0.2) is 29.5 Å². The summed E-state index contributed by atoms with van der Waals surface area (Å²) in [7, 11) is 0. The molecule has 0 spiro atoms. The molecule has 1 aliphatic heterocycles. The van der Waals surface area contributed by atoms with Gasteiger partial charge in [0.2, 0.25) is 0 Å². The first-order valence-corrected chi connectivity index (χ1v) is 12.3. The van der Waals surface area contributed by atoms with Crippen molar-refractivity contribution in [2.75, 3.05) is 11.4 Å². The Bertz CT molecular complexity index is 1080. The summed E-state index contributed by atoms with van der Waals surface area (Å²) in [5.74, 6) is -0.131. The van der Waals surface area contributed by atoms with Crippen LogP contribution in [0.5, 0.6) is 0 Å². The number of carbonyl (C=O) groups is 1. The van der Waals surface area contributed by atoms with E-state index in [-0.39, 0.29) is 18.0 Å². The average Bonchev–Trinajstić information content (AvgIpc) is 2.79. The largest absolute Gasteiger partial charge is 0.369 e. The standard InChI is InChI=1S/C27H36N4O2/c1-3-31(21-14-12-20(28)13-15-21)25-11-7-10-23-22(25)9-6-4-5-8-19-16-18(2)30-27(33)24(19)17-29-26(23)32/h4,6-7,10-11,16,20-21H,3,5,8-9,12-15,17,28H2,1-2H3,(H,29,32)(H,30,33). The number of nitrogens with two attached hydrogens (primary N) is 1. The van der Waals surface area contributed by atoms with Crippen molar-refractivity contribution in [2.24, 2.45) is 5.73 Å². The minimum atomic E-state index is -0.131. The Kier molecular flexibility index (Phi) is 7.33. The van der Waals surface area contributed by atoms with E-state index in [1.807, 2.05) is 25.1 Å². The van der Waals surface area contributed by atoms with E-state index in [0.717, 1.165) is 67.6 Å². The fourth-order valence-corrected chi connectivity index (χ4v) is 5.33. The third kappa shape index (κ3) is 5.22. The maximum Gasteiger partial charge on any atom is 0.253 e. The van der Waals surface area contributed by atoms with E-state index in [0.29, 0.717) is 29.6 Å². The lowest BCUT2D eigenvalue weighted by Gasteiger charge is -2.38. The Morgan fingerprint density at radius 1 is 1.09 bits per heavy atom. The lowest BCUT2D eigenvalue weighted by atomic mass is 9.89. The number of carbonyl (C=O) groups excluding carboxylic acids is 1. The zero-order chi connectivity index (χ0) is 23.4. The number of nitrogens with zero attached hydrogens (tertiary/aromatic N) is 1. The molecule has 1 saturated carbocycles. The van der Waals surface area contributed by atoms with Crippen LogP contribution >= 0.6 is 0 Å². The Morgan fingerprint density at radius 3 is 2.64 bits per heavy atom. The number of H-pyrrole nitrogens is 1. The predicted molar refractivity (Wildman–Crippen MR) is 134 cm³/mol. The van der Waals surface area contributed by atoms with Crippen molar-refractivity contribution in [1.82, 2.24) is 10.3 Å². The number of hydrogen-bond donors (Lipinski definition) is 3. The van der Waals surface area contributed by atoms with E-state index >= 15 is 0 Å². The molecule has 6 heteroatoms. The van der Waals surface area contributed by atoms with Crippen LogP contribution in [0.3, 0.4) is 0 Å². The highest BCUT2D eigenvalue weighted by atomic mass is 16.1. The number of pyridine rings is 1. The van der Waals surface area contributed by atoms with E-state index in [2.05, 4.69) is 40.3 Å². The van der Waals surface area contributed by atoms with Gasteiger partial charge in [-0.1, -0.05) is 18.2 Å². The first-order valence-electron chi connectivity index (χ1n) is 12.3. The topological polar surface area (TPSA) is 91.2 Å². The minimum Gasteiger partial charge on any atom is -0.369 e. The quantitative estimate of drug-likeness (QED) is 0.624. The molecule has 33 heavy (non-hydrogen) atoms. The number of benzene rings is 1. The van der Waals surface area contributed by atoms with E-state index in [1.165, 1.54) is 0 Å². The summed E-state index contributed by atoms with van der Waals surface area (Å²) in [4.78, 5) is 31.2. The Balaban J connectivity index is 1.68. The second-order valence-electron chi connectivity index (χ2n) is 9.34. The van der Waals surface area contributed by atoms with Gasteiger partial charge in [-0.05, 0) is 88.1 Å². The minimum absolute atomic E-state index is 0.118. The molecule has 1 aromatic carbocycles. The molecule has 0 unspecified atom stereocenters. The molecule has 1 fully saturated rings. The van der Waals surface area contributed by atoms with Crippen LogP contribution in [0.1, 0.15) is 71.8 Å². The van der Waals surface area contributed by atoms with E-state index in [1.54, 1.807) is 0 Å². The van der Waals surface area contributed by atoms with E-state index in [9.17, 15) is 9.59 Å². The van der Waals surface area contributed by atoms with Crippen LogP contribution in [0.2, 0.25) is 0 Å². The highest BCUT2D eigenvalue weighted by molar-refractivity contribution is 5.97. The summed E-state index contributed by atoms with van der Waals surface area (Å²) in [6.07, 6.45) is 11.0. The second-order valence-corrected chi connectivity index (χ2v) is 9.34. The second kappa shape index (κ2) is 10.4. The number of hydrogen-bond acceptors (Lipinski definition) is 4. The third-order valence-corrected chi connectivity index (χ3v) is 7.09. The Hall–Kier alpha value is -2.86. The number of nitrogens with one attached hydrogen (secondary N) is 2. The van der Waals surface area contributed by atoms with Crippen molar-refractivity contribution >= 4 is 11.6 Å². The van der Waals surface area contributed by atoms with Gasteiger partial charge in [0.25, 0.3) is 11.5 Å². The van der Waals surface area contributed by atoms with Crippen LogP contribution in [0, 0.1) is 6.92 Å². The third-order valence-electron chi connectivity index (χ3n) is 7.09. The van der Waals surface area contributed by atoms with Gasteiger partial charge in [0, 0.05) is 47.7 Å². The maximum atomic E-state index is 13.3. The van der Waals surface area contributed by atoms with Gasteiger partial charge in [-0.3, -0.25) is 9.59 Å². The van der Waals surface area contributed by atoms with Crippen molar-refractivity contribution < 1.29 is 4.79 Å². The molecule has 0 saturated heterocycles. The number of rotatable bonds is 3. The number of aryl methyl sites for hydroxylation is 2. The van der Waals surface area contributed by atoms with Crippen molar-refractivity contribution in [3.8, 4) is 0 Å².